The van der Waals surface area contributed by atoms with E-state index in [9.17, 15) is 13.8 Å². The third-order valence-corrected chi connectivity index (χ3v) is 6.53. The second-order valence-electron chi connectivity index (χ2n) is 5.87. The van der Waals surface area contributed by atoms with E-state index in [1.807, 2.05) is 19.3 Å². The molecule has 0 atom stereocenters. The number of hydrogen-bond acceptors (Lipinski definition) is 7. The van der Waals surface area contributed by atoms with E-state index in [2.05, 4.69) is 19.7 Å². The van der Waals surface area contributed by atoms with E-state index in [-0.39, 0.29) is 17.3 Å². The van der Waals surface area contributed by atoms with E-state index >= 15 is 0 Å². The maximum absolute atomic E-state index is 13.4. The van der Waals surface area contributed by atoms with E-state index in [0.717, 1.165) is 0 Å². The van der Waals surface area contributed by atoms with Gasteiger partial charge in [0.25, 0.3) is 0 Å². The Morgan fingerprint density at radius 1 is 1.33 bits per heavy atom. The monoisotopic (exact) mass is 397 g/mol. The van der Waals surface area contributed by atoms with Crippen molar-refractivity contribution in [3.63, 3.8) is 0 Å². The van der Waals surface area contributed by atoms with Crippen LogP contribution in [-0.2, 0) is 16.1 Å². The van der Waals surface area contributed by atoms with Crippen LogP contribution < -0.4 is 5.48 Å². The maximum Gasteiger partial charge on any atom is 0.181 e. The molecule has 148 valence electrons. The summed E-state index contributed by atoms with van der Waals surface area (Å²) in [6.07, 6.45) is 1.07. The molecule has 2 N–H and O–H groups in total. The first-order valence-electron chi connectivity index (χ1n) is 8.67. The van der Waals surface area contributed by atoms with Crippen LogP contribution in [0.15, 0.2) is 32.2 Å². The number of aryl methyl sites for hydroxylation is 2. The maximum atomic E-state index is 13.4. The normalized spacial score (nSPS) is 12.3. The van der Waals surface area contributed by atoms with E-state index in [4.69, 9.17) is 4.63 Å². The lowest BCUT2D eigenvalue weighted by Gasteiger charge is -2.05. The molecule has 0 aliphatic heterocycles. The highest BCUT2D eigenvalue weighted by Crippen LogP contribution is 2.18. The van der Waals surface area contributed by atoms with Crippen LogP contribution in [0.3, 0.4) is 0 Å². The summed E-state index contributed by atoms with van der Waals surface area (Å²) in [7, 11) is -2.13. The number of amidine groups is 1. The number of rotatable bonds is 8. The molecule has 27 heavy (non-hydrogen) atoms. The number of hydrogen-bond donors (Lipinski definition) is 2. The summed E-state index contributed by atoms with van der Waals surface area (Å²) in [5, 5.41) is 17.1. The number of aromatic nitrogens is 2. The molecule has 0 bridgehead atoms. The van der Waals surface area contributed by atoms with Crippen molar-refractivity contribution in [3.8, 4) is 0 Å². The molecular formula is C17H24FN5O3S. The fourth-order valence-corrected chi connectivity index (χ4v) is 3.61. The highest BCUT2D eigenvalue weighted by molar-refractivity contribution is 7.93. The molecule has 1 aromatic carbocycles. The van der Waals surface area contributed by atoms with Gasteiger partial charge in [-0.15, -0.1) is 0 Å². The summed E-state index contributed by atoms with van der Waals surface area (Å²) < 4.78 is 34.7. The quantitative estimate of drug-likeness (QED) is 0.306. The van der Waals surface area contributed by atoms with E-state index < -0.39 is 9.73 Å². The zero-order chi connectivity index (χ0) is 19.9. The van der Waals surface area contributed by atoms with Gasteiger partial charge in [-0.1, -0.05) is 19.0 Å². The van der Waals surface area contributed by atoms with Crippen LogP contribution in [0.25, 0.3) is 0 Å². The number of aliphatic imine (C=N–C) groups is 1. The Hall–Kier alpha value is -2.33. The van der Waals surface area contributed by atoms with Gasteiger partial charge in [0.1, 0.15) is 11.5 Å². The van der Waals surface area contributed by atoms with Gasteiger partial charge >= 0.3 is 0 Å². The van der Waals surface area contributed by atoms with Crippen molar-refractivity contribution < 1.29 is 18.4 Å². The van der Waals surface area contributed by atoms with Crippen molar-refractivity contribution in [1.82, 2.24) is 15.8 Å². The SMILES string of the molecule is CCS(=O)(CC)=NCCCc1nonc1C(=Nc1ccc(F)c(C)c1)NO. The summed E-state index contributed by atoms with van der Waals surface area (Å²) in [6.45, 7) is 5.78. The van der Waals surface area contributed by atoms with Crippen molar-refractivity contribution in [1.29, 1.82) is 0 Å². The summed E-state index contributed by atoms with van der Waals surface area (Å²) in [4.78, 5) is 4.23. The lowest BCUT2D eigenvalue weighted by atomic mass is 10.2. The molecule has 1 heterocycles. The summed E-state index contributed by atoms with van der Waals surface area (Å²) in [6, 6.07) is 4.33. The second kappa shape index (κ2) is 9.56. The minimum atomic E-state index is -2.13. The molecule has 2 aromatic rings. The van der Waals surface area contributed by atoms with Gasteiger partial charge < -0.3 is 0 Å². The van der Waals surface area contributed by atoms with Gasteiger partial charge in [0.2, 0.25) is 0 Å². The molecular weight excluding hydrogens is 373 g/mol. The summed E-state index contributed by atoms with van der Waals surface area (Å²) >= 11 is 0. The van der Waals surface area contributed by atoms with Crippen LogP contribution >= 0.6 is 0 Å². The number of benzene rings is 1. The van der Waals surface area contributed by atoms with Gasteiger partial charge in [-0.3, -0.25) is 10.7 Å². The lowest BCUT2D eigenvalue weighted by Crippen LogP contribution is -2.22. The Bertz CT molecular complexity index is 909. The molecule has 0 fully saturated rings. The topological polar surface area (TPSA) is 113 Å². The minimum Gasteiger partial charge on any atom is -0.290 e. The first-order valence-corrected chi connectivity index (χ1v) is 10.5. The Balaban J connectivity index is 2.15. The van der Waals surface area contributed by atoms with Crippen LogP contribution in [0.2, 0.25) is 0 Å². The Labute approximate surface area is 158 Å². The number of nitrogens with one attached hydrogen (secondary N) is 1. The molecule has 2 rings (SSSR count). The predicted molar refractivity (Wildman–Crippen MR) is 101 cm³/mol. The fourth-order valence-electron chi connectivity index (χ4n) is 2.37. The largest absolute Gasteiger partial charge is 0.290 e. The van der Waals surface area contributed by atoms with Crippen molar-refractivity contribution in [2.24, 2.45) is 9.36 Å². The molecule has 0 aliphatic rings. The molecule has 10 heteroatoms. The van der Waals surface area contributed by atoms with Crippen molar-refractivity contribution in [2.75, 3.05) is 18.1 Å². The lowest BCUT2D eigenvalue weighted by molar-refractivity contribution is 0.234. The average Bonchev–Trinajstić information content (AvgIpc) is 3.14. The summed E-state index contributed by atoms with van der Waals surface area (Å²) in [5.41, 5.74) is 3.61. The minimum absolute atomic E-state index is 0.0418. The second-order valence-corrected chi connectivity index (χ2v) is 8.83. The van der Waals surface area contributed by atoms with E-state index in [1.54, 1.807) is 13.0 Å². The van der Waals surface area contributed by atoms with Crippen LogP contribution in [-0.4, -0.2) is 43.6 Å². The van der Waals surface area contributed by atoms with Crippen LogP contribution in [0.5, 0.6) is 0 Å². The number of hydroxylamine groups is 1. The highest BCUT2D eigenvalue weighted by atomic mass is 32.2. The Morgan fingerprint density at radius 2 is 2.07 bits per heavy atom. The van der Waals surface area contributed by atoms with Gasteiger partial charge in [-0.25, -0.2) is 22.6 Å². The highest BCUT2D eigenvalue weighted by Gasteiger charge is 2.16. The van der Waals surface area contributed by atoms with Gasteiger partial charge in [0.15, 0.2) is 11.5 Å². The number of nitrogens with zero attached hydrogens (tertiary/aromatic N) is 4. The number of halogens is 1. The Kier molecular flexibility index (Phi) is 7.43. The van der Waals surface area contributed by atoms with Gasteiger partial charge in [0, 0.05) is 27.8 Å². The third-order valence-electron chi connectivity index (χ3n) is 4.07. The van der Waals surface area contributed by atoms with Gasteiger partial charge in [-0.2, -0.15) is 0 Å². The van der Waals surface area contributed by atoms with Crippen LogP contribution in [0.1, 0.15) is 37.2 Å². The first kappa shape index (κ1) is 21.0. The predicted octanol–water partition coefficient (Wildman–Crippen LogP) is 3.01. The standard InChI is InChI=1S/C17H24FN5O3S/c1-4-27(25,5-2)19-10-6-7-15-16(23-26-22-15)17(21-24)20-13-8-9-14(18)12(3)11-13/h8-9,11,24H,4-7,10H2,1-3H3,(H,20,21). The van der Waals surface area contributed by atoms with Gasteiger partial charge in [-0.05, 0) is 48.7 Å². The van der Waals surface area contributed by atoms with Crippen molar-refractivity contribution >= 4 is 21.3 Å². The van der Waals surface area contributed by atoms with Crippen LogP contribution in [0.4, 0.5) is 10.1 Å². The first-order chi connectivity index (χ1) is 12.9. The molecule has 0 unspecified atom stereocenters. The molecule has 0 radical (unpaired) electrons. The van der Waals surface area contributed by atoms with Crippen molar-refractivity contribution in [3.05, 3.63) is 41.0 Å². The van der Waals surface area contributed by atoms with E-state index in [1.165, 1.54) is 12.1 Å². The van der Waals surface area contributed by atoms with Crippen LogP contribution in [0, 0.1) is 12.7 Å². The zero-order valence-electron chi connectivity index (χ0n) is 15.6. The molecule has 0 saturated carbocycles. The average molecular weight is 397 g/mol. The molecule has 1 aromatic heterocycles. The molecule has 0 saturated heterocycles. The van der Waals surface area contributed by atoms with E-state index in [0.29, 0.717) is 47.8 Å². The smallest absolute Gasteiger partial charge is 0.181 e. The van der Waals surface area contributed by atoms with Gasteiger partial charge in [0.05, 0.1) is 5.69 Å². The molecule has 0 spiro atoms. The molecule has 8 nitrogen and oxygen atoms in total. The van der Waals surface area contributed by atoms with Crippen molar-refractivity contribution in [2.45, 2.75) is 33.6 Å². The zero-order valence-corrected chi connectivity index (χ0v) is 16.4. The molecule has 0 amide bonds. The third kappa shape index (κ3) is 5.57. The summed E-state index contributed by atoms with van der Waals surface area (Å²) in [5.74, 6) is 0.765. The fraction of sp³-hybridized carbons (Fsp3) is 0.471. The Morgan fingerprint density at radius 3 is 2.70 bits per heavy atom. The molecule has 0 aliphatic carbocycles.